The van der Waals surface area contributed by atoms with Gasteiger partial charge in [0.1, 0.15) is 23.5 Å². The number of carbonyl (C=O) groups is 1. The number of aryl methyl sites for hydroxylation is 1. The summed E-state index contributed by atoms with van der Waals surface area (Å²) in [5.74, 6) is 2.16. The van der Waals surface area contributed by atoms with Gasteiger partial charge in [0.05, 0.1) is 12.5 Å². The van der Waals surface area contributed by atoms with Crippen LogP contribution >= 0.6 is 0 Å². The number of carbonyl (C=O) groups excluding carboxylic acids is 1. The summed E-state index contributed by atoms with van der Waals surface area (Å²) in [6.07, 6.45) is 20.4. The van der Waals surface area contributed by atoms with Crippen molar-refractivity contribution in [3.05, 3.63) is 78.3 Å². The molecule has 1 aromatic heterocycles. The maximum Gasteiger partial charge on any atom is 0.225 e. The number of hydrogen-bond acceptors (Lipinski definition) is 5. The molecule has 1 aromatic rings. The molecule has 0 spiro atoms. The van der Waals surface area contributed by atoms with Gasteiger partial charge < -0.3 is 19.8 Å². The largest absolute Gasteiger partial charge is 0.497 e. The molecule has 0 aliphatic carbocycles. The zero-order valence-electron chi connectivity index (χ0n) is 15.8. The van der Waals surface area contributed by atoms with Gasteiger partial charge in [0.2, 0.25) is 5.91 Å². The van der Waals surface area contributed by atoms with Gasteiger partial charge in [0.25, 0.3) is 0 Å². The number of allylic oxidation sites excluding steroid dienone is 5. The van der Waals surface area contributed by atoms with Crippen molar-refractivity contribution in [2.75, 3.05) is 0 Å². The average Bonchev–Trinajstić information content (AvgIpc) is 3.12. The summed E-state index contributed by atoms with van der Waals surface area (Å²) >= 11 is 0. The summed E-state index contributed by atoms with van der Waals surface area (Å²) in [4.78, 5) is 23.0. The molecule has 0 saturated carbocycles. The summed E-state index contributed by atoms with van der Waals surface area (Å²) in [5.41, 5.74) is 1.04. The van der Waals surface area contributed by atoms with Gasteiger partial charge in [0, 0.05) is 37.4 Å². The van der Waals surface area contributed by atoms with Gasteiger partial charge in [-0.1, -0.05) is 6.08 Å². The van der Waals surface area contributed by atoms with Crippen molar-refractivity contribution in [3.8, 4) is 0 Å². The minimum atomic E-state index is -0.00903. The Labute approximate surface area is 164 Å². The lowest BCUT2D eigenvalue weighted by Crippen LogP contribution is -2.24. The minimum Gasteiger partial charge on any atom is -0.497 e. The van der Waals surface area contributed by atoms with Crippen LogP contribution in [-0.2, 0) is 20.7 Å². The molecule has 7 heteroatoms. The van der Waals surface area contributed by atoms with Crippen molar-refractivity contribution in [1.82, 2.24) is 15.3 Å². The number of nitrogens with one attached hydrogen (secondary N) is 2. The van der Waals surface area contributed by atoms with E-state index < -0.39 is 0 Å². The van der Waals surface area contributed by atoms with Crippen LogP contribution in [0.25, 0.3) is 0 Å². The van der Waals surface area contributed by atoms with Crippen molar-refractivity contribution >= 4 is 12.1 Å². The topological polar surface area (TPSA) is 88.6 Å². The van der Waals surface area contributed by atoms with Gasteiger partial charge in [-0.2, -0.15) is 0 Å². The second-order valence-corrected chi connectivity index (χ2v) is 6.41. The van der Waals surface area contributed by atoms with Gasteiger partial charge >= 0.3 is 0 Å². The number of aromatic nitrogens is 2. The van der Waals surface area contributed by atoms with E-state index in [1.165, 1.54) is 0 Å². The Kier molecular flexibility index (Phi) is 7.01. The van der Waals surface area contributed by atoms with Crippen molar-refractivity contribution in [2.45, 2.75) is 38.7 Å². The zero-order valence-corrected chi connectivity index (χ0v) is 15.8. The standard InChI is InChI=1S/C21H24N4O3/c1-16-15-23-20(24-16)14-18-7-2-6-17(8-4-12-28-18)27-13-5-11-22-19-9-3-10-21(26)25-19/h2,4-6,8-9,11-13,15,18H,3,7,10,14H2,1H3,(H,23,24)(H,25,26)/b6-2?,12-4+,13-5+,17-8+,22-11?/t18-/m0/s1. The molecule has 3 heterocycles. The van der Waals surface area contributed by atoms with Crippen LogP contribution in [0.3, 0.4) is 0 Å². The third-order valence-electron chi connectivity index (χ3n) is 4.03. The number of nitrogens with zero attached hydrogens (tertiary/aromatic N) is 2. The molecular weight excluding hydrogens is 356 g/mol. The summed E-state index contributed by atoms with van der Waals surface area (Å²) in [6.45, 7) is 1.98. The first-order valence-electron chi connectivity index (χ1n) is 9.24. The van der Waals surface area contributed by atoms with Gasteiger partial charge in [-0.05, 0) is 43.7 Å². The lowest BCUT2D eigenvalue weighted by atomic mass is 10.1. The number of aromatic amines is 1. The smallest absolute Gasteiger partial charge is 0.225 e. The van der Waals surface area contributed by atoms with Gasteiger partial charge in [-0.15, -0.1) is 0 Å². The van der Waals surface area contributed by atoms with Gasteiger partial charge in [0.15, 0.2) is 0 Å². The fourth-order valence-corrected chi connectivity index (χ4v) is 2.69. The summed E-state index contributed by atoms with van der Waals surface area (Å²) in [6, 6.07) is 0. The highest BCUT2D eigenvalue weighted by molar-refractivity contribution is 5.80. The van der Waals surface area contributed by atoms with Crippen LogP contribution in [0.1, 0.15) is 30.8 Å². The van der Waals surface area contributed by atoms with Crippen molar-refractivity contribution in [2.24, 2.45) is 4.99 Å². The molecule has 0 radical (unpaired) electrons. The van der Waals surface area contributed by atoms with Crippen molar-refractivity contribution < 1.29 is 14.3 Å². The van der Waals surface area contributed by atoms with E-state index in [0.29, 0.717) is 30.8 Å². The lowest BCUT2D eigenvalue weighted by Gasteiger charge is -2.13. The second kappa shape index (κ2) is 10.1. The Balaban J connectivity index is 1.48. The number of ether oxygens (including phenoxy) is 2. The molecule has 2 N–H and O–H groups in total. The van der Waals surface area contributed by atoms with E-state index in [2.05, 4.69) is 20.3 Å². The molecule has 3 rings (SSSR count). The van der Waals surface area contributed by atoms with E-state index >= 15 is 0 Å². The van der Waals surface area contributed by atoms with E-state index in [0.717, 1.165) is 17.9 Å². The number of hydrogen-bond donors (Lipinski definition) is 2. The fourth-order valence-electron chi connectivity index (χ4n) is 2.69. The van der Waals surface area contributed by atoms with Gasteiger partial charge in [-0.25, -0.2) is 9.98 Å². The van der Waals surface area contributed by atoms with E-state index in [1.54, 1.807) is 30.9 Å². The molecule has 0 fully saturated rings. The SMILES string of the molecule is Cc1cnc(C[C@@H]2CC=C/C(O/C=C/C=NC3=CCCC(=O)N3)=C\C=C\O2)[nH]1. The molecule has 0 aromatic carbocycles. The molecule has 0 unspecified atom stereocenters. The third-order valence-corrected chi connectivity index (χ3v) is 4.03. The average molecular weight is 380 g/mol. The first kappa shape index (κ1) is 19.4. The number of amides is 1. The molecule has 0 saturated heterocycles. The Bertz CT molecular complexity index is 859. The first-order valence-corrected chi connectivity index (χ1v) is 9.24. The van der Waals surface area contributed by atoms with E-state index in [-0.39, 0.29) is 12.0 Å². The summed E-state index contributed by atoms with van der Waals surface area (Å²) < 4.78 is 11.4. The van der Waals surface area contributed by atoms with Crippen molar-refractivity contribution in [3.63, 3.8) is 0 Å². The summed E-state index contributed by atoms with van der Waals surface area (Å²) in [5, 5.41) is 2.70. The Hall–Kier alpha value is -3.35. The first-order chi connectivity index (χ1) is 13.7. The molecule has 2 aliphatic heterocycles. The van der Waals surface area contributed by atoms with Crippen LogP contribution in [0, 0.1) is 6.92 Å². The lowest BCUT2D eigenvalue weighted by molar-refractivity contribution is -0.120. The van der Waals surface area contributed by atoms with Crippen LogP contribution in [0.15, 0.2) is 71.7 Å². The Morgan fingerprint density at radius 3 is 3.21 bits per heavy atom. The number of H-pyrrole nitrogens is 1. The quantitative estimate of drug-likeness (QED) is 0.585. The van der Waals surface area contributed by atoms with Crippen LogP contribution in [0.2, 0.25) is 0 Å². The van der Waals surface area contributed by atoms with Crippen LogP contribution < -0.4 is 5.32 Å². The second-order valence-electron chi connectivity index (χ2n) is 6.41. The predicted octanol–water partition coefficient (Wildman–Crippen LogP) is 3.36. The number of rotatable bonds is 6. The molecular formula is C21H24N4O3. The fraction of sp³-hybridized carbons (Fsp3) is 0.286. The normalized spacial score (nSPS) is 23.2. The zero-order chi connectivity index (χ0) is 19.6. The monoisotopic (exact) mass is 380 g/mol. The molecule has 28 heavy (non-hydrogen) atoms. The maximum absolute atomic E-state index is 11.3. The highest BCUT2D eigenvalue weighted by atomic mass is 16.5. The van der Waals surface area contributed by atoms with Crippen LogP contribution in [0.5, 0.6) is 0 Å². The van der Waals surface area contributed by atoms with Gasteiger partial charge in [-0.3, -0.25) is 4.79 Å². The van der Waals surface area contributed by atoms with Crippen molar-refractivity contribution in [1.29, 1.82) is 0 Å². The Morgan fingerprint density at radius 1 is 1.46 bits per heavy atom. The highest BCUT2D eigenvalue weighted by Gasteiger charge is 2.11. The molecule has 1 amide bonds. The molecule has 1 atom stereocenters. The highest BCUT2D eigenvalue weighted by Crippen LogP contribution is 2.12. The van der Waals surface area contributed by atoms with E-state index in [4.69, 9.17) is 9.47 Å². The van der Waals surface area contributed by atoms with E-state index in [1.807, 2.05) is 37.4 Å². The molecule has 2 aliphatic rings. The number of imidazole rings is 1. The number of aliphatic imine (C=N–C) groups is 1. The van der Waals surface area contributed by atoms with Crippen LogP contribution in [-0.4, -0.2) is 28.2 Å². The molecule has 7 nitrogen and oxygen atoms in total. The molecule has 146 valence electrons. The minimum absolute atomic E-state index is 0.00690. The van der Waals surface area contributed by atoms with Crippen LogP contribution in [0.4, 0.5) is 0 Å². The molecule has 0 bridgehead atoms. The maximum atomic E-state index is 11.3. The predicted molar refractivity (Wildman–Crippen MR) is 107 cm³/mol. The summed E-state index contributed by atoms with van der Waals surface area (Å²) in [7, 11) is 0. The third kappa shape index (κ3) is 6.42. The Morgan fingerprint density at radius 2 is 2.39 bits per heavy atom. The van der Waals surface area contributed by atoms with E-state index in [9.17, 15) is 4.79 Å².